The summed E-state index contributed by atoms with van der Waals surface area (Å²) in [7, 11) is 0. The monoisotopic (exact) mass is 310 g/mol. The number of rotatable bonds is 5. The van der Waals surface area contributed by atoms with E-state index in [0.29, 0.717) is 29.8 Å². The molecule has 2 atom stereocenters. The zero-order valence-corrected chi connectivity index (χ0v) is 13.3. The number of hydrogen-bond donors (Lipinski definition) is 3. The molecule has 1 aromatic rings. The lowest BCUT2D eigenvalue weighted by molar-refractivity contribution is 0.128. The number of hydrogen-bond acceptors (Lipinski definition) is 5. The number of aromatic nitrogens is 1. The van der Waals surface area contributed by atoms with Gasteiger partial charge in [-0.1, -0.05) is 13.8 Å². The molecule has 124 valence electrons. The molecule has 1 aromatic heterocycles. The average molecular weight is 310 g/mol. The summed E-state index contributed by atoms with van der Waals surface area (Å²) in [5, 5.41) is 28.8. The van der Waals surface area contributed by atoms with Crippen LogP contribution in [0.4, 0.5) is 0 Å². The SMILES string of the molecule is CC1CC(C)CN(Cc2c(O)c(=O)cc(CO)n2CCO)C1. The van der Waals surface area contributed by atoms with Crippen molar-refractivity contribution in [2.45, 2.75) is 40.0 Å². The number of aliphatic hydroxyl groups excluding tert-OH is 2. The van der Waals surface area contributed by atoms with Crippen LogP contribution >= 0.6 is 0 Å². The van der Waals surface area contributed by atoms with E-state index < -0.39 is 5.43 Å². The predicted octanol–water partition coefficient (Wildman–Crippen LogP) is 0.516. The molecule has 0 radical (unpaired) electrons. The normalized spacial score (nSPS) is 22.9. The minimum Gasteiger partial charge on any atom is -0.503 e. The fourth-order valence-electron chi connectivity index (χ4n) is 3.54. The average Bonchev–Trinajstić information content (AvgIpc) is 2.45. The van der Waals surface area contributed by atoms with Crippen LogP contribution in [0.1, 0.15) is 31.7 Å². The minimum absolute atomic E-state index is 0.116. The van der Waals surface area contributed by atoms with Gasteiger partial charge in [0, 0.05) is 37.9 Å². The second-order valence-corrected chi connectivity index (χ2v) is 6.47. The van der Waals surface area contributed by atoms with Crippen LogP contribution in [-0.2, 0) is 19.7 Å². The molecule has 22 heavy (non-hydrogen) atoms. The van der Waals surface area contributed by atoms with Crippen LogP contribution in [0.5, 0.6) is 5.75 Å². The third kappa shape index (κ3) is 3.69. The van der Waals surface area contributed by atoms with Crippen LogP contribution in [0.15, 0.2) is 10.9 Å². The largest absolute Gasteiger partial charge is 0.503 e. The molecule has 2 rings (SSSR count). The quantitative estimate of drug-likeness (QED) is 0.738. The van der Waals surface area contributed by atoms with Gasteiger partial charge in [-0.25, -0.2) is 0 Å². The molecule has 0 saturated carbocycles. The van der Waals surface area contributed by atoms with Gasteiger partial charge in [0.05, 0.1) is 18.9 Å². The molecule has 3 N–H and O–H groups in total. The van der Waals surface area contributed by atoms with E-state index >= 15 is 0 Å². The summed E-state index contributed by atoms with van der Waals surface area (Å²) >= 11 is 0. The maximum Gasteiger partial charge on any atom is 0.223 e. The van der Waals surface area contributed by atoms with Crippen molar-refractivity contribution in [3.05, 3.63) is 27.7 Å². The Kier molecular flexibility index (Phi) is 5.61. The fraction of sp³-hybridized carbons (Fsp3) is 0.688. The Labute approximate surface area is 130 Å². The van der Waals surface area contributed by atoms with E-state index in [-0.39, 0.29) is 25.5 Å². The molecule has 1 aliphatic heterocycles. The molecule has 1 fully saturated rings. The number of nitrogens with zero attached hydrogens (tertiary/aromatic N) is 2. The molecule has 1 saturated heterocycles. The smallest absolute Gasteiger partial charge is 0.223 e. The molecule has 6 nitrogen and oxygen atoms in total. The Balaban J connectivity index is 2.35. The Hall–Kier alpha value is -1.37. The number of likely N-dealkylation sites (tertiary alicyclic amines) is 1. The number of aliphatic hydroxyl groups is 2. The summed E-state index contributed by atoms with van der Waals surface area (Å²) in [6.07, 6.45) is 1.18. The van der Waals surface area contributed by atoms with Crippen LogP contribution in [-0.4, -0.2) is 44.5 Å². The first kappa shape index (κ1) is 17.0. The highest BCUT2D eigenvalue weighted by Gasteiger charge is 2.24. The lowest BCUT2D eigenvalue weighted by Gasteiger charge is -2.35. The third-order valence-electron chi connectivity index (χ3n) is 4.28. The Bertz CT molecular complexity index is 560. The first-order chi connectivity index (χ1) is 10.5. The highest BCUT2D eigenvalue weighted by Crippen LogP contribution is 2.24. The minimum atomic E-state index is -0.480. The van der Waals surface area contributed by atoms with Crippen LogP contribution in [0.2, 0.25) is 0 Å². The molecule has 2 heterocycles. The maximum absolute atomic E-state index is 11.9. The van der Waals surface area contributed by atoms with E-state index in [1.54, 1.807) is 4.57 Å². The van der Waals surface area contributed by atoms with Crippen molar-refractivity contribution < 1.29 is 15.3 Å². The standard InChI is InChI=1S/C16H26N2O4/c1-11-5-12(2)8-17(7-11)9-14-16(22)15(21)6-13(10-20)18(14)3-4-19/h6,11-12,19-20,22H,3-5,7-10H2,1-2H3. The van der Waals surface area contributed by atoms with E-state index in [1.165, 1.54) is 12.5 Å². The summed E-state index contributed by atoms with van der Waals surface area (Å²) in [4.78, 5) is 14.1. The Morgan fingerprint density at radius 3 is 2.41 bits per heavy atom. The van der Waals surface area contributed by atoms with Gasteiger partial charge in [0.2, 0.25) is 5.43 Å². The van der Waals surface area contributed by atoms with Crippen molar-refractivity contribution in [1.29, 1.82) is 0 Å². The van der Waals surface area contributed by atoms with Gasteiger partial charge in [-0.05, 0) is 18.3 Å². The Morgan fingerprint density at radius 1 is 1.23 bits per heavy atom. The Morgan fingerprint density at radius 2 is 1.86 bits per heavy atom. The van der Waals surface area contributed by atoms with Crippen molar-refractivity contribution in [2.24, 2.45) is 11.8 Å². The summed E-state index contributed by atoms with van der Waals surface area (Å²) in [5.74, 6) is 0.867. The van der Waals surface area contributed by atoms with Crippen molar-refractivity contribution in [3.8, 4) is 5.75 Å². The molecular weight excluding hydrogens is 284 g/mol. The van der Waals surface area contributed by atoms with Crippen molar-refractivity contribution in [3.63, 3.8) is 0 Å². The van der Waals surface area contributed by atoms with Gasteiger partial charge in [0.1, 0.15) is 0 Å². The van der Waals surface area contributed by atoms with E-state index in [2.05, 4.69) is 18.7 Å². The molecule has 1 aliphatic rings. The van der Waals surface area contributed by atoms with Crippen LogP contribution in [0.3, 0.4) is 0 Å². The first-order valence-corrected chi connectivity index (χ1v) is 7.84. The summed E-state index contributed by atoms with van der Waals surface area (Å²) in [5.41, 5.74) is 0.420. The first-order valence-electron chi connectivity index (χ1n) is 7.84. The second kappa shape index (κ2) is 7.26. The van der Waals surface area contributed by atoms with Gasteiger partial charge in [0.25, 0.3) is 0 Å². The summed E-state index contributed by atoms with van der Waals surface area (Å²) in [6.45, 7) is 6.52. The maximum atomic E-state index is 11.9. The second-order valence-electron chi connectivity index (χ2n) is 6.47. The number of aromatic hydroxyl groups is 1. The fourth-order valence-corrected chi connectivity index (χ4v) is 3.54. The molecule has 0 amide bonds. The highest BCUT2D eigenvalue weighted by molar-refractivity contribution is 5.30. The lowest BCUT2D eigenvalue weighted by Crippen LogP contribution is -2.39. The van der Waals surface area contributed by atoms with Gasteiger partial charge < -0.3 is 19.9 Å². The zero-order valence-electron chi connectivity index (χ0n) is 13.3. The van der Waals surface area contributed by atoms with Crippen molar-refractivity contribution in [2.75, 3.05) is 19.7 Å². The molecule has 0 spiro atoms. The lowest BCUT2D eigenvalue weighted by atomic mass is 9.92. The van der Waals surface area contributed by atoms with E-state index in [1.807, 2.05) is 0 Å². The van der Waals surface area contributed by atoms with E-state index in [9.17, 15) is 20.1 Å². The number of pyridine rings is 1. The molecule has 0 bridgehead atoms. The van der Waals surface area contributed by atoms with Gasteiger partial charge in [-0.3, -0.25) is 9.69 Å². The molecular formula is C16H26N2O4. The van der Waals surface area contributed by atoms with Crippen LogP contribution in [0.25, 0.3) is 0 Å². The van der Waals surface area contributed by atoms with Crippen molar-refractivity contribution >= 4 is 0 Å². The van der Waals surface area contributed by atoms with E-state index in [4.69, 9.17) is 0 Å². The van der Waals surface area contributed by atoms with Crippen LogP contribution < -0.4 is 5.43 Å². The molecule has 6 heteroatoms. The predicted molar refractivity (Wildman–Crippen MR) is 83.6 cm³/mol. The summed E-state index contributed by atoms with van der Waals surface area (Å²) in [6, 6.07) is 1.23. The molecule has 0 aliphatic carbocycles. The molecule has 0 aromatic carbocycles. The zero-order chi connectivity index (χ0) is 16.3. The summed E-state index contributed by atoms with van der Waals surface area (Å²) < 4.78 is 1.65. The number of piperidine rings is 1. The molecule has 2 unspecified atom stereocenters. The van der Waals surface area contributed by atoms with Gasteiger partial charge >= 0.3 is 0 Å². The van der Waals surface area contributed by atoms with Crippen LogP contribution in [0, 0.1) is 11.8 Å². The third-order valence-corrected chi connectivity index (χ3v) is 4.28. The van der Waals surface area contributed by atoms with Gasteiger partial charge in [-0.15, -0.1) is 0 Å². The van der Waals surface area contributed by atoms with Gasteiger partial charge in [0.15, 0.2) is 5.75 Å². The highest BCUT2D eigenvalue weighted by atomic mass is 16.3. The van der Waals surface area contributed by atoms with Crippen molar-refractivity contribution in [1.82, 2.24) is 9.47 Å². The topological polar surface area (TPSA) is 85.9 Å². The van der Waals surface area contributed by atoms with E-state index in [0.717, 1.165) is 13.1 Å². The van der Waals surface area contributed by atoms with Gasteiger partial charge in [-0.2, -0.15) is 0 Å².